The third-order valence-corrected chi connectivity index (χ3v) is 2.98. The van der Waals surface area contributed by atoms with Crippen LogP contribution >= 0.6 is 0 Å². The lowest BCUT2D eigenvalue weighted by Crippen LogP contribution is -2.15. The summed E-state index contributed by atoms with van der Waals surface area (Å²) in [4.78, 5) is 6.51. The first-order chi connectivity index (χ1) is 9.19. The van der Waals surface area contributed by atoms with E-state index >= 15 is 0 Å². The van der Waals surface area contributed by atoms with Gasteiger partial charge >= 0.3 is 0 Å². The van der Waals surface area contributed by atoms with Crippen molar-refractivity contribution in [3.63, 3.8) is 0 Å². The number of benzene rings is 1. The van der Waals surface area contributed by atoms with E-state index < -0.39 is 0 Å². The number of hydrogen-bond donors (Lipinski definition) is 0. The summed E-state index contributed by atoms with van der Waals surface area (Å²) < 4.78 is 12.6. The van der Waals surface area contributed by atoms with Crippen LogP contribution in [0, 0.1) is 0 Å². The molecular weight excluding hydrogens is 244 g/mol. The van der Waals surface area contributed by atoms with Crippen molar-refractivity contribution in [2.45, 2.75) is 13.5 Å². The Kier molecular flexibility index (Phi) is 2.77. The lowest BCUT2D eigenvalue weighted by atomic mass is 10.2. The summed E-state index contributed by atoms with van der Waals surface area (Å²) in [5.41, 5.74) is 0.930. The Hall–Kier alpha value is -2.24. The number of aromatic nitrogens is 3. The van der Waals surface area contributed by atoms with E-state index in [0.29, 0.717) is 5.82 Å². The zero-order chi connectivity index (χ0) is 13.4. The smallest absolute Gasteiger partial charge is 0.231 e. The Bertz CT molecular complexity index is 607. The molecular formula is C13H16N4O2. The van der Waals surface area contributed by atoms with E-state index in [9.17, 15) is 0 Å². The van der Waals surface area contributed by atoms with Crippen molar-refractivity contribution >= 4 is 5.95 Å². The molecule has 0 saturated carbocycles. The highest BCUT2D eigenvalue weighted by molar-refractivity contribution is 5.62. The second-order valence-corrected chi connectivity index (χ2v) is 4.51. The summed E-state index contributed by atoms with van der Waals surface area (Å²) in [6.07, 6.45) is 0. The fraction of sp³-hybridized carbons (Fsp3) is 0.385. The van der Waals surface area contributed by atoms with Gasteiger partial charge in [0.05, 0.1) is 0 Å². The molecule has 1 aromatic carbocycles. The zero-order valence-electron chi connectivity index (χ0n) is 11.3. The molecule has 0 amide bonds. The quantitative estimate of drug-likeness (QED) is 0.841. The summed E-state index contributed by atoms with van der Waals surface area (Å²) >= 11 is 0. The fourth-order valence-electron chi connectivity index (χ4n) is 2.03. The Morgan fingerprint density at radius 3 is 2.74 bits per heavy atom. The molecule has 0 spiro atoms. The molecule has 0 radical (unpaired) electrons. The molecule has 1 aliphatic heterocycles. The third kappa shape index (κ3) is 1.99. The van der Waals surface area contributed by atoms with Crippen LogP contribution in [0.1, 0.15) is 6.92 Å². The predicted molar refractivity (Wildman–Crippen MR) is 71.6 cm³/mol. The SMILES string of the molecule is CCn1nc(-c2ccc3c(c2)OCO3)nc1N(C)C. The van der Waals surface area contributed by atoms with E-state index in [2.05, 4.69) is 10.1 Å². The van der Waals surface area contributed by atoms with E-state index in [0.717, 1.165) is 29.6 Å². The van der Waals surface area contributed by atoms with Gasteiger partial charge < -0.3 is 14.4 Å². The highest BCUT2D eigenvalue weighted by Crippen LogP contribution is 2.35. The molecule has 0 bridgehead atoms. The molecule has 2 heterocycles. The second-order valence-electron chi connectivity index (χ2n) is 4.51. The van der Waals surface area contributed by atoms with Crippen LogP contribution in [0.3, 0.4) is 0 Å². The van der Waals surface area contributed by atoms with Gasteiger partial charge in [-0.05, 0) is 25.1 Å². The molecule has 0 fully saturated rings. The van der Waals surface area contributed by atoms with E-state index in [1.54, 1.807) is 0 Å². The van der Waals surface area contributed by atoms with Crippen molar-refractivity contribution in [3.8, 4) is 22.9 Å². The summed E-state index contributed by atoms with van der Waals surface area (Å²) in [5, 5.41) is 4.51. The molecule has 100 valence electrons. The summed E-state index contributed by atoms with van der Waals surface area (Å²) in [6.45, 7) is 3.11. The van der Waals surface area contributed by atoms with Crippen LogP contribution < -0.4 is 14.4 Å². The number of fused-ring (bicyclic) bond motifs is 1. The van der Waals surface area contributed by atoms with Gasteiger partial charge in [0.15, 0.2) is 17.3 Å². The van der Waals surface area contributed by atoms with Gasteiger partial charge in [-0.25, -0.2) is 4.68 Å². The van der Waals surface area contributed by atoms with Crippen molar-refractivity contribution < 1.29 is 9.47 Å². The van der Waals surface area contributed by atoms with Crippen LogP contribution in [0.25, 0.3) is 11.4 Å². The van der Waals surface area contributed by atoms with Gasteiger partial charge in [-0.1, -0.05) is 0 Å². The topological polar surface area (TPSA) is 52.4 Å². The fourth-order valence-corrected chi connectivity index (χ4v) is 2.03. The number of nitrogens with zero attached hydrogens (tertiary/aromatic N) is 4. The van der Waals surface area contributed by atoms with Crippen LogP contribution in [0.2, 0.25) is 0 Å². The van der Waals surface area contributed by atoms with Gasteiger partial charge in [-0.2, -0.15) is 4.98 Å². The normalized spacial score (nSPS) is 12.8. The molecule has 0 aliphatic carbocycles. The Balaban J connectivity index is 2.02. The Labute approximate surface area is 111 Å². The number of rotatable bonds is 3. The van der Waals surface area contributed by atoms with Crippen molar-refractivity contribution in [2.75, 3.05) is 25.8 Å². The molecule has 2 aromatic rings. The monoisotopic (exact) mass is 260 g/mol. The first kappa shape index (κ1) is 11.8. The number of hydrogen-bond acceptors (Lipinski definition) is 5. The second kappa shape index (κ2) is 4.46. The Morgan fingerprint density at radius 2 is 2.05 bits per heavy atom. The molecule has 6 nitrogen and oxygen atoms in total. The summed E-state index contributed by atoms with van der Waals surface area (Å²) in [7, 11) is 3.92. The average Bonchev–Trinajstić information content (AvgIpc) is 3.04. The van der Waals surface area contributed by atoms with Crippen molar-refractivity contribution in [1.29, 1.82) is 0 Å². The van der Waals surface area contributed by atoms with Gasteiger partial charge in [0.25, 0.3) is 0 Å². The minimum absolute atomic E-state index is 0.276. The number of ether oxygens (including phenoxy) is 2. The maximum absolute atomic E-state index is 5.38. The third-order valence-electron chi connectivity index (χ3n) is 2.98. The number of aryl methyl sites for hydroxylation is 1. The molecule has 19 heavy (non-hydrogen) atoms. The van der Waals surface area contributed by atoms with E-state index in [4.69, 9.17) is 9.47 Å². The zero-order valence-corrected chi connectivity index (χ0v) is 11.3. The van der Waals surface area contributed by atoms with E-state index in [1.807, 2.05) is 48.8 Å². The minimum atomic E-state index is 0.276. The van der Waals surface area contributed by atoms with Crippen LogP contribution in [0.5, 0.6) is 11.5 Å². The largest absolute Gasteiger partial charge is 0.454 e. The first-order valence-electron chi connectivity index (χ1n) is 6.21. The first-order valence-corrected chi connectivity index (χ1v) is 6.21. The lowest BCUT2D eigenvalue weighted by molar-refractivity contribution is 0.174. The molecule has 1 aromatic heterocycles. The van der Waals surface area contributed by atoms with Crippen molar-refractivity contribution in [1.82, 2.24) is 14.8 Å². The molecule has 3 rings (SSSR count). The minimum Gasteiger partial charge on any atom is -0.454 e. The lowest BCUT2D eigenvalue weighted by Gasteiger charge is -2.10. The van der Waals surface area contributed by atoms with Crippen molar-refractivity contribution in [2.24, 2.45) is 0 Å². The molecule has 1 aliphatic rings. The van der Waals surface area contributed by atoms with Crippen molar-refractivity contribution in [3.05, 3.63) is 18.2 Å². The highest BCUT2D eigenvalue weighted by atomic mass is 16.7. The van der Waals surface area contributed by atoms with E-state index in [-0.39, 0.29) is 6.79 Å². The van der Waals surface area contributed by atoms with Gasteiger partial charge in [0.2, 0.25) is 12.7 Å². The van der Waals surface area contributed by atoms with Crippen LogP contribution in [-0.2, 0) is 6.54 Å². The van der Waals surface area contributed by atoms with Gasteiger partial charge in [0.1, 0.15) is 0 Å². The maximum Gasteiger partial charge on any atom is 0.231 e. The van der Waals surface area contributed by atoms with Crippen LogP contribution in [-0.4, -0.2) is 35.7 Å². The highest BCUT2D eigenvalue weighted by Gasteiger charge is 2.17. The maximum atomic E-state index is 5.38. The van der Waals surface area contributed by atoms with Gasteiger partial charge in [0, 0.05) is 26.2 Å². The number of anilines is 1. The molecule has 0 unspecified atom stereocenters. The summed E-state index contributed by atoms with van der Waals surface area (Å²) in [5.74, 6) is 3.06. The van der Waals surface area contributed by atoms with Gasteiger partial charge in [-0.3, -0.25) is 0 Å². The average molecular weight is 260 g/mol. The standard InChI is InChI=1S/C13H16N4O2/c1-4-17-13(16(2)3)14-12(15-17)9-5-6-10-11(7-9)19-8-18-10/h5-7H,4,8H2,1-3H3. The summed E-state index contributed by atoms with van der Waals surface area (Å²) in [6, 6.07) is 5.75. The van der Waals surface area contributed by atoms with E-state index in [1.165, 1.54) is 0 Å². The molecule has 0 atom stereocenters. The van der Waals surface area contributed by atoms with Crippen LogP contribution in [0.4, 0.5) is 5.95 Å². The van der Waals surface area contributed by atoms with Crippen LogP contribution in [0.15, 0.2) is 18.2 Å². The predicted octanol–water partition coefficient (Wildman–Crippen LogP) is 1.76. The van der Waals surface area contributed by atoms with Gasteiger partial charge in [-0.15, -0.1) is 5.10 Å². The molecule has 0 saturated heterocycles. The molecule has 6 heteroatoms. The molecule has 0 N–H and O–H groups in total. The Morgan fingerprint density at radius 1 is 1.26 bits per heavy atom.